The number of carbonyl (C=O) groups is 1. The van der Waals surface area contributed by atoms with Crippen molar-refractivity contribution in [1.82, 2.24) is 14.7 Å². The van der Waals surface area contributed by atoms with E-state index in [0.717, 1.165) is 38.2 Å². The van der Waals surface area contributed by atoms with Crippen molar-refractivity contribution in [3.05, 3.63) is 35.4 Å². The smallest absolute Gasteiger partial charge is 0.256 e. The summed E-state index contributed by atoms with van der Waals surface area (Å²) in [6.07, 6.45) is 1.41. The Kier molecular flexibility index (Phi) is 6.18. The first kappa shape index (κ1) is 21.3. The van der Waals surface area contributed by atoms with Gasteiger partial charge < -0.3 is 10.0 Å². The molecular formula is C23H37N3O2. The number of amides is 1. The topological polar surface area (TPSA) is 47.0 Å². The van der Waals surface area contributed by atoms with Gasteiger partial charge in [-0.25, -0.2) is 0 Å². The molecule has 0 spiro atoms. The largest absolute Gasteiger partial charge is 0.379 e. The van der Waals surface area contributed by atoms with Crippen molar-refractivity contribution in [2.45, 2.75) is 64.1 Å². The van der Waals surface area contributed by atoms with Gasteiger partial charge >= 0.3 is 0 Å². The minimum Gasteiger partial charge on any atom is -0.379 e. The first-order valence-corrected chi connectivity index (χ1v) is 10.6. The molecule has 2 fully saturated rings. The number of β-amino-alcohol motifs (C(OH)–C–C–N with tert-alkyl or cyclic N) is 1. The number of rotatable bonds is 5. The molecule has 1 amide bonds. The zero-order chi connectivity index (χ0) is 20.5. The Morgan fingerprint density at radius 2 is 1.79 bits per heavy atom. The number of piperazine rings is 1. The first-order valence-electron chi connectivity index (χ1n) is 10.6. The van der Waals surface area contributed by atoms with Crippen molar-refractivity contribution >= 4 is 5.91 Å². The van der Waals surface area contributed by atoms with E-state index in [1.54, 1.807) is 0 Å². The van der Waals surface area contributed by atoms with Gasteiger partial charge in [-0.1, -0.05) is 38.1 Å². The molecule has 0 bridgehead atoms. The monoisotopic (exact) mass is 387 g/mol. The van der Waals surface area contributed by atoms with Gasteiger partial charge in [-0.3, -0.25) is 14.6 Å². The summed E-state index contributed by atoms with van der Waals surface area (Å²) in [4.78, 5) is 19.6. The van der Waals surface area contributed by atoms with Gasteiger partial charge in [-0.05, 0) is 50.8 Å². The minimum absolute atomic E-state index is 0.0597. The number of benzene rings is 1. The first-order chi connectivity index (χ1) is 13.1. The Balaban J connectivity index is 1.65. The van der Waals surface area contributed by atoms with E-state index in [1.165, 1.54) is 5.56 Å². The maximum absolute atomic E-state index is 13.2. The van der Waals surface area contributed by atoms with Gasteiger partial charge in [0.25, 0.3) is 5.91 Å². The Bertz CT molecular complexity index is 686. The van der Waals surface area contributed by atoms with Crippen LogP contribution < -0.4 is 0 Å². The predicted octanol–water partition coefficient (Wildman–Crippen LogP) is 2.69. The molecule has 2 aliphatic heterocycles. The van der Waals surface area contributed by atoms with Crippen molar-refractivity contribution in [2.24, 2.45) is 0 Å². The van der Waals surface area contributed by atoms with Gasteiger partial charge in [-0.15, -0.1) is 0 Å². The van der Waals surface area contributed by atoms with E-state index in [-0.39, 0.29) is 11.4 Å². The number of hydrogen-bond donors (Lipinski definition) is 1. The van der Waals surface area contributed by atoms with Crippen molar-refractivity contribution < 1.29 is 9.90 Å². The number of hydrogen-bond acceptors (Lipinski definition) is 4. The molecule has 28 heavy (non-hydrogen) atoms. The molecule has 0 saturated carbocycles. The van der Waals surface area contributed by atoms with Crippen molar-refractivity contribution in [2.75, 3.05) is 39.8 Å². The summed E-state index contributed by atoms with van der Waals surface area (Å²) >= 11 is 0. The highest BCUT2D eigenvalue weighted by Crippen LogP contribution is 2.28. The average Bonchev–Trinajstić information content (AvgIpc) is 2.62. The molecule has 156 valence electrons. The van der Waals surface area contributed by atoms with E-state index < -0.39 is 5.60 Å². The lowest BCUT2D eigenvalue weighted by molar-refractivity contribution is -0.161. The lowest BCUT2D eigenvalue weighted by Crippen LogP contribution is -2.63. The average molecular weight is 388 g/mol. The van der Waals surface area contributed by atoms with Crippen molar-refractivity contribution in [3.63, 3.8) is 0 Å². The highest BCUT2D eigenvalue weighted by Gasteiger charge is 2.44. The third kappa shape index (κ3) is 4.58. The van der Waals surface area contributed by atoms with Crippen LogP contribution in [0.4, 0.5) is 0 Å². The van der Waals surface area contributed by atoms with Gasteiger partial charge in [0.05, 0.1) is 0 Å². The molecule has 2 aliphatic rings. The summed E-state index contributed by atoms with van der Waals surface area (Å²) in [6.45, 7) is 13.3. The third-order valence-electron chi connectivity index (χ3n) is 6.60. The van der Waals surface area contributed by atoms with Crippen LogP contribution in [0.5, 0.6) is 0 Å². The van der Waals surface area contributed by atoms with Gasteiger partial charge in [0.1, 0.15) is 0 Å². The Morgan fingerprint density at radius 1 is 1.11 bits per heavy atom. The molecular weight excluding hydrogens is 350 g/mol. The van der Waals surface area contributed by atoms with Crippen LogP contribution in [0.2, 0.25) is 0 Å². The quantitative estimate of drug-likeness (QED) is 0.844. The van der Waals surface area contributed by atoms with Crippen LogP contribution in [-0.4, -0.2) is 76.6 Å². The van der Waals surface area contributed by atoms with Crippen LogP contribution in [0.1, 0.15) is 57.6 Å². The summed E-state index contributed by atoms with van der Waals surface area (Å²) < 4.78 is 0. The van der Waals surface area contributed by atoms with Crippen LogP contribution >= 0.6 is 0 Å². The van der Waals surface area contributed by atoms with Crippen molar-refractivity contribution in [1.29, 1.82) is 0 Å². The minimum atomic E-state index is -1.26. The number of likely N-dealkylation sites (tertiary alicyclic amines) is 1. The molecule has 1 N–H and O–H groups in total. The molecule has 5 nitrogen and oxygen atoms in total. The van der Waals surface area contributed by atoms with Gasteiger partial charge in [0.2, 0.25) is 0 Å². The highest BCUT2D eigenvalue weighted by molar-refractivity contribution is 5.86. The van der Waals surface area contributed by atoms with Gasteiger partial charge in [-0.2, -0.15) is 0 Å². The second kappa shape index (κ2) is 8.13. The molecule has 0 aromatic heterocycles. The van der Waals surface area contributed by atoms with Crippen molar-refractivity contribution in [3.8, 4) is 0 Å². The fourth-order valence-corrected chi connectivity index (χ4v) is 4.44. The van der Waals surface area contributed by atoms with Crippen LogP contribution in [0.25, 0.3) is 0 Å². The number of piperidine rings is 1. The van der Waals surface area contributed by atoms with Gasteiger partial charge in [0.15, 0.2) is 5.60 Å². The lowest BCUT2D eigenvalue weighted by Gasteiger charge is -2.48. The predicted molar refractivity (Wildman–Crippen MR) is 113 cm³/mol. The van der Waals surface area contributed by atoms with E-state index >= 15 is 0 Å². The summed E-state index contributed by atoms with van der Waals surface area (Å²) in [5.74, 6) is 0.395. The summed E-state index contributed by atoms with van der Waals surface area (Å²) in [7, 11) is 2.14. The SMILES string of the molecule is CC(C)c1ccc(CN2CCCC(O)(CN3CCN(C)C(C)(C)C3)C2=O)cc1. The third-order valence-corrected chi connectivity index (χ3v) is 6.60. The molecule has 2 heterocycles. The maximum Gasteiger partial charge on any atom is 0.256 e. The van der Waals surface area contributed by atoms with Crippen LogP contribution in [-0.2, 0) is 11.3 Å². The standard InChI is InChI=1S/C23H37N3O2/c1-18(2)20-9-7-19(8-10-20)15-26-12-6-11-23(28,21(26)27)17-25-14-13-24(5)22(3,4)16-25/h7-10,18,28H,6,11-17H2,1-5H3. The number of likely N-dealkylation sites (N-methyl/N-ethyl adjacent to an activating group) is 1. The van der Waals surface area contributed by atoms with Gasteiger partial charge in [0, 0.05) is 44.8 Å². The Labute approximate surface area is 170 Å². The molecule has 1 atom stereocenters. The fraction of sp³-hybridized carbons (Fsp3) is 0.696. The lowest BCUT2D eigenvalue weighted by atomic mass is 9.89. The molecule has 1 aromatic carbocycles. The van der Waals surface area contributed by atoms with Crippen LogP contribution in [0.15, 0.2) is 24.3 Å². The molecule has 2 saturated heterocycles. The maximum atomic E-state index is 13.2. The molecule has 1 unspecified atom stereocenters. The molecule has 0 radical (unpaired) electrons. The van der Waals surface area contributed by atoms with E-state index in [9.17, 15) is 9.90 Å². The second-order valence-electron chi connectivity index (χ2n) is 9.70. The number of aliphatic hydroxyl groups is 1. The summed E-state index contributed by atoms with van der Waals surface area (Å²) in [5, 5.41) is 11.2. The van der Waals surface area contributed by atoms with E-state index in [4.69, 9.17) is 0 Å². The second-order valence-corrected chi connectivity index (χ2v) is 9.70. The zero-order valence-corrected chi connectivity index (χ0v) is 18.2. The van der Waals surface area contributed by atoms with E-state index in [1.807, 2.05) is 4.90 Å². The van der Waals surface area contributed by atoms with Crippen LogP contribution in [0, 0.1) is 0 Å². The normalized spacial score (nSPS) is 26.8. The highest BCUT2D eigenvalue weighted by atomic mass is 16.3. The Hall–Kier alpha value is -1.43. The molecule has 5 heteroatoms. The number of carbonyl (C=O) groups excluding carboxylic acids is 1. The molecule has 3 rings (SSSR count). The molecule has 0 aliphatic carbocycles. The zero-order valence-electron chi connectivity index (χ0n) is 18.2. The summed E-state index contributed by atoms with van der Waals surface area (Å²) in [5.41, 5.74) is 1.23. The van der Waals surface area contributed by atoms with E-state index in [0.29, 0.717) is 25.4 Å². The number of nitrogens with zero attached hydrogens (tertiary/aromatic N) is 3. The fourth-order valence-electron chi connectivity index (χ4n) is 4.44. The molecule has 1 aromatic rings. The summed E-state index contributed by atoms with van der Waals surface area (Å²) in [6, 6.07) is 8.51. The van der Waals surface area contributed by atoms with Crippen LogP contribution in [0.3, 0.4) is 0 Å². The Morgan fingerprint density at radius 3 is 2.39 bits per heavy atom. The van der Waals surface area contributed by atoms with E-state index in [2.05, 4.69) is 68.8 Å².